The van der Waals surface area contributed by atoms with Crippen LogP contribution in [0.4, 0.5) is 15.8 Å². The minimum absolute atomic E-state index is 0.00594. The second-order valence-corrected chi connectivity index (χ2v) is 5.50. The zero-order valence-electron chi connectivity index (χ0n) is 12.0. The van der Waals surface area contributed by atoms with Crippen LogP contribution in [0, 0.1) is 11.7 Å². The number of amides is 1. The van der Waals surface area contributed by atoms with Crippen molar-refractivity contribution in [2.45, 2.75) is 32.7 Å². The molecule has 1 amide bonds. The molecule has 0 radical (unpaired) electrons. The fraction of sp³-hybridized carbons (Fsp3) is 0.533. The molecule has 0 atom stereocenters. The Balaban J connectivity index is 2.10. The van der Waals surface area contributed by atoms with Gasteiger partial charge in [0.15, 0.2) is 0 Å². The Morgan fingerprint density at radius 2 is 2.00 bits per heavy atom. The lowest BCUT2D eigenvalue weighted by molar-refractivity contribution is -0.120. The molecular formula is C15H22FN3O. The molecular weight excluding hydrogens is 257 g/mol. The van der Waals surface area contributed by atoms with Crippen LogP contribution in [0.1, 0.15) is 26.7 Å². The second kappa shape index (κ2) is 6.70. The van der Waals surface area contributed by atoms with E-state index in [2.05, 4.69) is 16.0 Å². The fourth-order valence-corrected chi connectivity index (χ4v) is 2.38. The van der Waals surface area contributed by atoms with Crippen LogP contribution >= 0.6 is 0 Å². The molecule has 4 nitrogen and oxygen atoms in total. The highest BCUT2D eigenvalue weighted by Gasteiger charge is 2.21. The first-order valence-corrected chi connectivity index (χ1v) is 7.14. The van der Waals surface area contributed by atoms with Gasteiger partial charge in [0.05, 0.1) is 11.4 Å². The van der Waals surface area contributed by atoms with Gasteiger partial charge in [-0.3, -0.25) is 4.79 Å². The number of piperidine rings is 1. The number of hydrogen-bond donors (Lipinski definition) is 3. The second-order valence-electron chi connectivity index (χ2n) is 5.50. The van der Waals surface area contributed by atoms with Crippen LogP contribution in [0.3, 0.4) is 0 Å². The molecule has 1 aliphatic heterocycles. The van der Waals surface area contributed by atoms with Gasteiger partial charge in [-0.25, -0.2) is 4.39 Å². The zero-order valence-corrected chi connectivity index (χ0v) is 12.0. The van der Waals surface area contributed by atoms with Crippen molar-refractivity contribution in [2.24, 2.45) is 5.92 Å². The largest absolute Gasteiger partial charge is 0.381 e. The van der Waals surface area contributed by atoms with E-state index in [1.807, 2.05) is 13.8 Å². The highest BCUT2D eigenvalue weighted by atomic mass is 19.1. The predicted octanol–water partition coefficient (Wildman–Crippen LogP) is 2.58. The first kappa shape index (κ1) is 14.8. The highest BCUT2D eigenvalue weighted by Crippen LogP contribution is 2.25. The summed E-state index contributed by atoms with van der Waals surface area (Å²) in [7, 11) is 0. The molecule has 1 aromatic carbocycles. The number of rotatable bonds is 4. The summed E-state index contributed by atoms with van der Waals surface area (Å²) in [5.41, 5.74) is 1.27. The minimum atomic E-state index is -0.347. The summed E-state index contributed by atoms with van der Waals surface area (Å²) in [6, 6.07) is 4.64. The Hall–Kier alpha value is -1.62. The maximum atomic E-state index is 13.4. The van der Waals surface area contributed by atoms with Crippen molar-refractivity contribution >= 4 is 17.3 Å². The summed E-state index contributed by atoms with van der Waals surface area (Å²) in [4.78, 5) is 12.2. The van der Waals surface area contributed by atoms with Crippen molar-refractivity contribution < 1.29 is 9.18 Å². The quantitative estimate of drug-likeness (QED) is 0.794. The lowest BCUT2D eigenvalue weighted by atomic mass is 9.97. The summed E-state index contributed by atoms with van der Waals surface area (Å²) < 4.78 is 13.4. The van der Waals surface area contributed by atoms with E-state index in [4.69, 9.17) is 0 Å². The van der Waals surface area contributed by atoms with E-state index in [1.54, 1.807) is 6.07 Å². The highest BCUT2D eigenvalue weighted by molar-refractivity contribution is 5.95. The average molecular weight is 279 g/mol. The molecule has 110 valence electrons. The molecule has 0 spiro atoms. The molecule has 0 unspecified atom stereocenters. The fourth-order valence-electron chi connectivity index (χ4n) is 2.38. The van der Waals surface area contributed by atoms with Gasteiger partial charge in [-0.2, -0.15) is 0 Å². The molecule has 1 aromatic rings. The van der Waals surface area contributed by atoms with E-state index in [0.29, 0.717) is 5.69 Å². The van der Waals surface area contributed by atoms with Gasteiger partial charge in [0, 0.05) is 12.0 Å². The third kappa shape index (κ3) is 3.93. The van der Waals surface area contributed by atoms with Gasteiger partial charge in [-0.15, -0.1) is 0 Å². The first-order valence-electron chi connectivity index (χ1n) is 7.14. The molecule has 0 bridgehead atoms. The average Bonchev–Trinajstić information content (AvgIpc) is 2.42. The van der Waals surface area contributed by atoms with Crippen molar-refractivity contribution in [3.8, 4) is 0 Å². The van der Waals surface area contributed by atoms with E-state index < -0.39 is 0 Å². The van der Waals surface area contributed by atoms with Crippen LogP contribution in [0.2, 0.25) is 0 Å². The molecule has 1 heterocycles. The summed E-state index contributed by atoms with van der Waals surface area (Å²) in [5, 5.41) is 9.30. The van der Waals surface area contributed by atoms with Gasteiger partial charge in [0.1, 0.15) is 5.82 Å². The van der Waals surface area contributed by atoms with Crippen LogP contribution in [0.25, 0.3) is 0 Å². The molecule has 5 heteroatoms. The predicted molar refractivity (Wildman–Crippen MR) is 79.4 cm³/mol. The molecule has 3 N–H and O–H groups in total. The summed E-state index contributed by atoms with van der Waals surface area (Å²) >= 11 is 0. The van der Waals surface area contributed by atoms with Crippen molar-refractivity contribution in [3.63, 3.8) is 0 Å². The number of carbonyl (C=O) groups is 1. The number of hydrogen-bond acceptors (Lipinski definition) is 3. The molecule has 2 rings (SSSR count). The normalized spacial score (nSPS) is 16.2. The van der Waals surface area contributed by atoms with Crippen LogP contribution in [-0.4, -0.2) is 25.0 Å². The Kier molecular flexibility index (Phi) is 4.95. The lowest BCUT2D eigenvalue weighted by Crippen LogP contribution is -2.34. The van der Waals surface area contributed by atoms with Gasteiger partial charge >= 0.3 is 0 Å². The number of anilines is 2. The Labute approximate surface area is 119 Å². The van der Waals surface area contributed by atoms with Crippen molar-refractivity contribution in [2.75, 3.05) is 23.7 Å². The maximum absolute atomic E-state index is 13.4. The molecule has 1 fully saturated rings. The molecule has 0 saturated carbocycles. The Morgan fingerprint density at radius 3 is 2.65 bits per heavy atom. The van der Waals surface area contributed by atoms with Gasteiger partial charge in [-0.1, -0.05) is 0 Å². The lowest BCUT2D eigenvalue weighted by Gasteiger charge is -2.23. The number of benzene rings is 1. The monoisotopic (exact) mass is 279 g/mol. The van der Waals surface area contributed by atoms with Gasteiger partial charge < -0.3 is 16.0 Å². The molecule has 20 heavy (non-hydrogen) atoms. The minimum Gasteiger partial charge on any atom is -0.381 e. The van der Waals surface area contributed by atoms with Gasteiger partial charge in [0.25, 0.3) is 0 Å². The van der Waals surface area contributed by atoms with E-state index in [0.717, 1.165) is 31.6 Å². The third-order valence-electron chi connectivity index (χ3n) is 3.39. The number of halogens is 1. The smallest absolute Gasteiger partial charge is 0.227 e. The number of nitrogens with one attached hydrogen (secondary N) is 3. The Bertz CT molecular complexity index is 470. The van der Waals surface area contributed by atoms with E-state index in [9.17, 15) is 9.18 Å². The van der Waals surface area contributed by atoms with E-state index >= 15 is 0 Å². The van der Waals surface area contributed by atoms with Gasteiger partial charge in [-0.05, 0) is 58.0 Å². The van der Waals surface area contributed by atoms with Gasteiger partial charge in [0.2, 0.25) is 5.91 Å². The molecule has 0 aliphatic carbocycles. The Morgan fingerprint density at radius 1 is 1.30 bits per heavy atom. The topological polar surface area (TPSA) is 53.2 Å². The van der Waals surface area contributed by atoms with Crippen LogP contribution < -0.4 is 16.0 Å². The van der Waals surface area contributed by atoms with E-state index in [-0.39, 0.29) is 23.7 Å². The van der Waals surface area contributed by atoms with Crippen LogP contribution in [-0.2, 0) is 4.79 Å². The molecule has 1 saturated heterocycles. The van der Waals surface area contributed by atoms with E-state index in [1.165, 1.54) is 12.1 Å². The van der Waals surface area contributed by atoms with Crippen molar-refractivity contribution in [1.29, 1.82) is 0 Å². The SMILES string of the molecule is CC(C)Nc1ccc(F)cc1NC(=O)C1CCNCC1. The van der Waals surface area contributed by atoms with Crippen LogP contribution in [0.15, 0.2) is 18.2 Å². The van der Waals surface area contributed by atoms with Crippen molar-refractivity contribution in [3.05, 3.63) is 24.0 Å². The molecule has 0 aromatic heterocycles. The molecule has 1 aliphatic rings. The maximum Gasteiger partial charge on any atom is 0.227 e. The summed E-state index contributed by atoms with van der Waals surface area (Å²) in [5.74, 6) is -0.366. The van der Waals surface area contributed by atoms with Crippen LogP contribution in [0.5, 0.6) is 0 Å². The van der Waals surface area contributed by atoms with Crippen molar-refractivity contribution in [1.82, 2.24) is 5.32 Å². The zero-order chi connectivity index (χ0) is 14.5. The first-order chi connectivity index (χ1) is 9.56. The number of carbonyl (C=O) groups excluding carboxylic acids is 1. The summed E-state index contributed by atoms with van der Waals surface area (Å²) in [6.07, 6.45) is 1.65. The summed E-state index contributed by atoms with van der Waals surface area (Å²) in [6.45, 7) is 5.72. The third-order valence-corrected chi connectivity index (χ3v) is 3.39. The standard InChI is InChI=1S/C15H22FN3O/c1-10(2)18-13-4-3-12(16)9-14(13)19-15(20)11-5-7-17-8-6-11/h3-4,9-11,17-18H,5-8H2,1-2H3,(H,19,20).